The predicted octanol–water partition coefficient (Wildman–Crippen LogP) is 4.12. The van der Waals surface area contributed by atoms with E-state index >= 15 is 0 Å². The summed E-state index contributed by atoms with van der Waals surface area (Å²) in [4.78, 5) is 4.64. The largest absolute Gasteiger partial charge is 0.248 e. The van der Waals surface area contributed by atoms with Gasteiger partial charge in [-0.15, -0.1) is 12.4 Å². The summed E-state index contributed by atoms with van der Waals surface area (Å²) < 4.78 is 0. The number of benzene rings is 2. The molecule has 0 saturated heterocycles. The Balaban J connectivity index is 0.000000963. The molecule has 16 heavy (non-hydrogen) atoms. The van der Waals surface area contributed by atoms with Gasteiger partial charge in [-0.25, -0.2) is 4.98 Å². The van der Waals surface area contributed by atoms with E-state index in [-0.39, 0.29) is 12.4 Å². The number of pyridine rings is 1. The minimum Gasteiger partial charge on any atom is -0.248 e. The van der Waals surface area contributed by atoms with Crippen LogP contribution in [0.1, 0.15) is 5.56 Å². The Morgan fingerprint density at radius 3 is 2.50 bits per heavy atom. The van der Waals surface area contributed by atoms with E-state index in [0.717, 1.165) is 11.0 Å². The molecular weight excluding hydrogens is 218 g/mol. The highest BCUT2D eigenvalue weighted by molar-refractivity contribution is 5.94. The molecule has 0 aliphatic rings. The van der Waals surface area contributed by atoms with Gasteiger partial charge >= 0.3 is 0 Å². The Labute approximate surface area is 101 Å². The molecule has 1 nitrogen and oxygen atoms in total. The monoisotopic (exact) mass is 229 g/mol. The van der Waals surface area contributed by atoms with Crippen LogP contribution >= 0.6 is 12.4 Å². The fourth-order valence-corrected chi connectivity index (χ4v) is 1.95. The zero-order valence-electron chi connectivity index (χ0n) is 8.97. The molecule has 0 atom stereocenters. The Bertz CT molecular complexity index is 646. The van der Waals surface area contributed by atoms with Crippen molar-refractivity contribution in [2.75, 3.05) is 0 Å². The van der Waals surface area contributed by atoms with Crippen molar-refractivity contribution in [1.29, 1.82) is 0 Å². The third kappa shape index (κ3) is 1.63. The van der Waals surface area contributed by atoms with Crippen LogP contribution in [0.3, 0.4) is 0 Å². The number of hydrogen-bond donors (Lipinski definition) is 0. The molecule has 0 amide bonds. The summed E-state index contributed by atoms with van der Waals surface area (Å²) >= 11 is 0. The number of aryl methyl sites for hydroxylation is 1. The van der Waals surface area contributed by atoms with E-state index in [4.69, 9.17) is 0 Å². The predicted molar refractivity (Wildman–Crippen MR) is 71.2 cm³/mol. The first kappa shape index (κ1) is 10.9. The molecule has 0 radical (unpaired) electrons. The molecule has 3 rings (SSSR count). The number of nitrogens with zero attached hydrogens (tertiary/aromatic N) is 1. The minimum atomic E-state index is 0. The molecule has 0 aliphatic heterocycles. The molecule has 0 unspecified atom stereocenters. The third-order valence-electron chi connectivity index (χ3n) is 2.78. The first-order valence-electron chi connectivity index (χ1n) is 5.10. The topological polar surface area (TPSA) is 12.9 Å². The lowest BCUT2D eigenvalue weighted by Crippen LogP contribution is -1.84. The lowest BCUT2D eigenvalue weighted by atomic mass is 10.1. The van der Waals surface area contributed by atoms with Gasteiger partial charge in [0.25, 0.3) is 0 Å². The Kier molecular flexibility index (Phi) is 2.80. The van der Waals surface area contributed by atoms with Crippen LogP contribution in [0.4, 0.5) is 0 Å². The number of aromatic nitrogens is 1. The second kappa shape index (κ2) is 4.11. The molecule has 0 aliphatic carbocycles. The quantitative estimate of drug-likeness (QED) is 0.529. The maximum Gasteiger partial charge on any atom is 0.0712 e. The average Bonchev–Trinajstić information content (AvgIpc) is 2.27. The van der Waals surface area contributed by atoms with Crippen LogP contribution in [0.25, 0.3) is 21.8 Å². The smallest absolute Gasteiger partial charge is 0.0712 e. The van der Waals surface area contributed by atoms with Crippen molar-refractivity contribution in [2.24, 2.45) is 0 Å². The number of rotatable bonds is 0. The van der Waals surface area contributed by atoms with Gasteiger partial charge in [0.05, 0.1) is 11.0 Å². The molecule has 2 aromatic carbocycles. The van der Waals surface area contributed by atoms with E-state index < -0.39 is 0 Å². The van der Waals surface area contributed by atoms with Crippen molar-refractivity contribution >= 4 is 34.2 Å². The number of fused-ring (bicyclic) bond motifs is 2. The molecule has 0 bridgehead atoms. The maximum absolute atomic E-state index is 4.64. The molecule has 0 saturated carbocycles. The van der Waals surface area contributed by atoms with Crippen LogP contribution < -0.4 is 0 Å². The van der Waals surface area contributed by atoms with Crippen molar-refractivity contribution in [3.63, 3.8) is 0 Å². The summed E-state index contributed by atoms with van der Waals surface area (Å²) in [5, 5.41) is 2.45. The van der Waals surface area contributed by atoms with Gasteiger partial charge in [-0.1, -0.05) is 30.3 Å². The lowest BCUT2D eigenvalue weighted by molar-refractivity contribution is 1.46. The van der Waals surface area contributed by atoms with Gasteiger partial charge in [-0.2, -0.15) is 0 Å². The SMILES string of the molecule is Cc1cccc2nc3ccccc3cc12.Cl. The first-order valence-corrected chi connectivity index (χ1v) is 5.10. The van der Waals surface area contributed by atoms with E-state index in [0.29, 0.717) is 0 Å². The summed E-state index contributed by atoms with van der Waals surface area (Å²) in [6.07, 6.45) is 0. The summed E-state index contributed by atoms with van der Waals surface area (Å²) in [6.45, 7) is 2.12. The minimum absolute atomic E-state index is 0. The van der Waals surface area contributed by atoms with Gasteiger partial charge in [-0.05, 0) is 30.7 Å². The van der Waals surface area contributed by atoms with Gasteiger partial charge < -0.3 is 0 Å². The number of halogens is 1. The van der Waals surface area contributed by atoms with Crippen molar-refractivity contribution in [3.8, 4) is 0 Å². The van der Waals surface area contributed by atoms with Crippen LogP contribution in [-0.2, 0) is 0 Å². The molecule has 0 fully saturated rings. The highest BCUT2D eigenvalue weighted by Crippen LogP contribution is 2.21. The molecule has 0 spiro atoms. The van der Waals surface area contributed by atoms with Crippen LogP contribution in [0.2, 0.25) is 0 Å². The van der Waals surface area contributed by atoms with Crippen LogP contribution in [0.5, 0.6) is 0 Å². The van der Waals surface area contributed by atoms with Gasteiger partial charge in [0.2, 0.25) is 0 Å². The van der Waals surface area contributed by atoms with Crippen LogP contribution in [0, 0.1) is 6.92 Å². The molecule has 2 heteroatoms. The standard InChI is InChI=1S/C14H11N.ClH/c1-10-5-4-8-14-12(10)9-11-6-2-3-7-13(11)15-14;/h2-9H,1H3;1H. The van der Waals surface area contributed by atoms with Gasteiger partial charge in [0.15, 0.2) is 0 Å². The Morgan fingerprint density at radius 1 is 0.875 bits per heavy atom. The Hall–Kier alpha value is -1.60. The summed E-state index contributed by atoms with van der Waals surface area (Å²) in [5.41, 5.74) is 3.43. The fourth-order valence-electron chi connectivity index (χ4n) is 1.95. The van der Waals surface area contributed by atoms with E-state index in [1.165, 1.54) is 16.3 Å². The molecule has 1 heterocycles. The van der Waals surface area contributed by atoms with E-state index in [2.05, 4.69) is 48.3 Å². The first-order chi connectivity index (χ1) is 7.34. The molecule has 0 N–H and O–H groups in total. The fraction of sp³-hybridized carbons (Fsp3) is 0.0714. The highest BCUT2D eigenvalue weighted by atomic mass is 35.5. The van der Waals surface area contributed by atoms with Gasteiger partial charge in [-0.3, -0.25) is 0 Å². The summed E-state index contributed by atoms with van der Waals surface area (Å²) in [5.74, 6) is 0. The number of para-hydroxylation sites is 1. The molecule has 3 aromatic rings. The second-order valence-electron chi connectivity index (χ2n) is 3.82. The van der Waals surface area contributed by atoms with Crippen molar-refractivity contribution in [2.45, 2.75) is 6.92 Å². The average molecular weight is 230 g/mol. The van der Waals surface area contributed by atoms with Crippen molar-refractivity contribution in [3.05, 3.63) is 54.1 Å². The summed E-state index contributed by atoms with van der Waals surface area (Å²) in [7, 11) is 0. The van der Waals surface area contributed by atoms with Crippen molar-refractivity contribution in [1.82, 2.24) is 4.98 Å². The van der Waals surface area contributed by atoms with E-state index in [1.54, 1.807) is 0 Å². The molecular formula is C14H12ClN. The Morgan fingerprint density at radius 2 is 1.62 bits per heavy atom. The zero-order chi connectivity index (χ0) is 10.3. The van der Waals surface area contributed by atoms with Crippen LogP contribution in [-0.4, -0.2) is 4.98 Å². The zero-order valence-corrected chi connectivity index (χ0v) is 9.79. The highest BCUT2D eigenvalue weighted by Gasteiger charge is 2.00. The molecule has 80 valence electrons. The third-order valence-corrected chi connectivity index (χ3v) is 2.78. The van der Waals surface area contributed by atoms with Gasteiger partial charge in [0, 0.05) is 10.8 Å². The second-order valence-corrected chi connectivity index (χ2v) is 3.82. The number of hydrogen-bond acceptors (Lipinski definition) is 1. The van der Waals surface area contributed by atoms with Crippen molar-refractivity contribution < 1.29 is 0 Å². The van der Waals surface area contributed by atoms with E-state index in [9.17, 15) is 0 Å². The summed E-state index contributed by atoms with van der Waals surface area (Å²) in [6, 6.07) is 16.7. The molecule has 1 aromatic heterocycles. The van der Waals surface area contributed by atoms with Crippen LogP contribution in [0.15, 0.2) is 48.5 Å². The van der Waals surface area contributed by atoms with E-state index in [1.807, 2.05) is 12.1 Å². The lowest BCUT2D eigenvalue weighted by Gasteiger charge is -2.03. The maximum atomic E-state index is 4.64. The normalized spacial score (nSPS) is 10.3. The van der Waals surface area contributed by atoms with Gasteiger partial charge in [0.1, 0.15) is 0 Å².